The number of hydrogen-bond acceptors (Lipinski definition) is 8. The number of ether oxygens (including phenoxy) is 2. The van der Waals surface area contributed by atoms with Gasteiger partial charge in [-0.1, -0.05) is 0 Å². The number of carbonyl (C=O) groups is 2. The average Bonchev–Trinajstić information content (AvgIpc) is 3.65. The molecule has 1 N–H and O–H groups in total. The van der Waals surface area contributed by atoms with E-state index in [-0.39, 0.29) is 12.1 Å². The molecule has 3 aromatic rings. The van der Waals surface area contributed by atoms with Gasteiger partial charge in [0.1, 0.15) is 22.8 Å². The Balaban J connectivity index is 1.57. The molecule has 1 aromatic carbocycles. The first kappa shape index (κ1) is 30.1. The molecule has 11 nitrogen and oxygen atoms in total. The number of rotatable bonds is 5. The molecule has 0 bridgehead atoms. The Morgan fingerprint density at radius 3 is 2.42 bits per heavy atom. The number of nitrogens with one attached hydrogen (secondary N) is 1. The summed E-state index contributed by atoms with van der Waals surface area (Å²) >= 11 is 0. The average molecular weight is 588 g/mol. The SMILES string of the molecule is Cc1cc(C#N)cc(N(C(=O)OC(C)(C)C)c2cc(N[C@H]3CCCN(C(=O)OC(C)(C)C)C3)nc3c(C4CC4)cnn23)c1. The largest absolute Gasteiger partial charge is 0.444 e. The number of carbonyl (C=O) groups excluding carboxylic acids is 2. The van der Waals surface area contributed by atoms with Gasteiger partial charge in [-0.2, -0.15) is 14.9 Å². The Hall–Kier alpha value is -4.33. The van der Waals surface area contributed by atoms with Crippen molar-refractivity contribution >= 4 is 35.2 Å². The van der Waals surface area contributed by atoms with E-state index < -0.39 is 17.3 Å². The van der Waals surface area contributed by atoms with E-state index >= 15 is 0 Å². The van der Waals surface area contributed by atoms with E-state index in [1.807, 2.05) is 60.7 Å². The Labute approximate surface area is 252 Å². The first-order valence-corrected chi connectivity index (χ1v) is 14.9. The van der Waals surface area contributed by atoms with Crippen LogP contribution in [-0.4, -0.2) is 62.0 Å². The summed E-state index contributed by atoms with van der Waals surface area (Å²) in [5.41, 5.74) is 2.08. The standard InChI is InChI=1S/C32H41N7O4/c1-20-13-21(17-33)15-24(14-20)38(30(41)43-32(5,6)7)27-16-26(36-28-25(22-10-11-22)18-34-39(27)28)35-23-9-8-12-37(19-23)29(40)42-31(2,3)4/h13-16,18,22-23H,8-12,19H2,1-7H3,(H,35,36)/t23-/m0/s1. The molecule has 1 saturated carbocycles. The minimum absolute atomic E-state index is 0.0736. The van der Waals surface area contributed by atoms with Gasteiger partial charge in [0.25, 0.3) is 0 Å². The van der Waals surface area contributed by atoms with Gasteiger partial charge in [0.05, 0.1) is 23.5 Å². The maximum Gasteiger partial charge on any atom is 0.420 e. The van der Waals surface area contributed by atoms with Crippen molar-refractivity contribution in [3.63, 3.8) is 0 Å². The van der Waals surface area contributed by atoms with Crippen LogP contribution in [0.25, 0.3) is 5.65 Å². The second-order valence-electron chi connectivity index (χ2n) is 13.5. The van der Waals surface area contributed by atoms with Crippen molar-refractivity contribution in [2.24, 2.45) is 0 Å². The molecule has 0 unspecified atom stereocenters. The van der Waals surface area contributed by atoms with Crippen molar-refractivity contribution in [2.45, 2.75) is 97.3 Å². The van der Waals surface area contributed by atoms with E-state index in [0.29, 0.717) is 47.5 Å². The quantitative estimate of drug-likeness (QED) is 0.351. The second-order valence-corrected chi connectivity index (χ2v) is 13.5. The van der Waals surface area contributed by atoms with Crippen molar-refractivity contribution < 1.29 is 19.1 Å². The number of piperidine rings is 1. The zero-order chi connectivity index (χ0) is 31.1. The molecule has 43 heavy (non-hydrogen) atoms. The Morgan fingerprint density at radius 1 is 1.05 bits per heavy atom. The summed E-state index contributed by atoms with van der Waals surface area (Å²) in [7, 11) is 0. The molecule has 1 atom stereocenters. The molecule has 0 radical (unpaired) electrons. The fourth-order valence-corrected chi connectivity index (χ4v) is 5.27. The fraction of sp³-hybridized carbons (Fsp3) is 0.531. The van der Waals surface area contributed by atoms with Crippen molar-refractivity contribution in [1.29, 1.82) is 5.26 Å². The van der Waals surface area contributed by atoms with Crippen LogP contribution in [0.5, 0.6) is 0 Å². The van der Waals surface area contributed by atoms with E-state index in [1.165, 1.54) is 4.90 Å². The van der Waals surface area contributed by atoms with E-state index in [2.05, 4.69) is 16.5 Å². The number of nitriles is 1. The molecule has 5 rings (SSSR count). The van der Waals surface area contributed by atoms with E-state index in [9.17, 15) is 14.9 Å². The third-order valence-corrected chi connectivity index (χ3v) is 7.18. The van der Waals surface area contributed by atoms with Crippen LogP contribution in [0.3, 0.4) is 0 Å². The maximum atomic E-state index is 13.9. The van der Waals surface area contributed by atoms with Gasteiger partial charge in [0.15, 0.2) is 5.65 Å². The molecule has 2 fully saturated rings. The van der Waals surface area contributed by atoms with Crippen LogP contribution in [0.2, 0.25) is 0 Å². The molecule has 2 aliphatic rings. The van der Waals surface area contributed by atoms with Gasteiger partial charge >= 0.3 is 12.2 Å². The second kappa shape index (κ2) is 11.4. The highest BCUT2D eigenvalue weighted by molar-refractivity contribution is 5.96. The minimum Gasteiger partial charge on any atom is -0.444 e. The molecule has 1 aliphatic carbocycles. The van der Waals surface area contributed by atoms with Crippen LogP contribution in [0, 0.1) is 18.3 Å². The molecule has 1 saturated heterocycles. The van der Waals surface area contributed by atoms with Crippen LogP contribution in [0.15, 0.2) is 30.5 Å². The molecule has 2 amide bonds. The number of fused-ring (bicyclic) bond motifs is 1. The van der Waals surface area contributed by atoms with Gasteiger partial charge in [-0.25, -0.2) is 19.5 Å². The Morgan fingerprint density at radius 2 is 1.77 bits per heavy atom. The van der Waals surface area contributed by atoms with Crippen molar-refractivity contribution in [2.75, 3.05) is 23.3 Å². The van der Waals surface area contributed by atoms with E-state index in [4.69, 9.17) is 14.5 Å². The first-order valence-electron chi connectivity index (χ1n) is 14.9. The van der Waals surface area contributed by atoms with Gasteiger partial charge in [0.2, 0.25) is 0 Å². The normalized spacial score (nSPS) is 17.3. The lowest BCUT2D eigenvalue weighted by atomic mass is 10.1. The number of likely N-dealkylation sites (tertiary alicyclic amines) is 1. The molecule has 0 spiro atoms. The predicted octanol–water partition coefficient (Wildman–Crippen LogP) is 6.67. The van der Waals surface area contributed by atoms with E-state index in [0.717, 1.165) is 36.8 Å². The molecular formula is C32H41N7O4. The Kier molecular flexibility index (Phi) is 7.99. The zero-order valence-corrected chi connectivity index (χ0v) is 26.1. The van der Waals surface area contributed by atoms with Gasteiger partial charge in [0, 0.05) is 30.8 Å². The van der Waals surface area contributed by atoms with Crippen molar-refractivity contribution in [1.82, 2.24) is 19.5 Å². The number of anilines is 3. The molecule has 11 heteroatoms. The van der Waals surface area contributed by atoms with Gasteiger partial charge in [-0.15, -0.1) is 0 Å². The number of hydrogen-bond donors (Lipinski definition) is 1. The smallest absolute Gasteiger partial charge is 0.420 e. The minimum atomic E-state index is -0.763. The monoisotopic (exact) mass is 587 g/mol. The van der Waals surface area contributed by atoms with Crippen LogP contribution in [-0.2, 0) is 9.47 Å². The third-order valence-electron chi connectivity index (χ3n) is 7.18. The maximum absolute atomic E-state index is 13.9. The van der Waals surface area contributed by atoms with Crippen LogP contribution >= 0.6 is 0 Å². The predicted molar refractivity (Wildman–Crippen MR) is 164 cm³/mol. The summed E-state index contributed by atoms with van der Waals surface area (Å²) in [6, 6.07) is 9.18. The van der Waals surface area contributed by atoms with Gasteiger partial charge < -0.3 is 19.7 Å². The fourth-order valence-electron chi connectivity index (χ4n) is 5.27. The molecule has 2 aromatic heterocycles. The van der Waals surface area contributed by atoms with Crippen molar-refractivity contribution in [3.05, 3.63) is 47.2 Å². The van der Waals surface area contributed by atoms with Crippen LogP contribution in [0.4, 0.5) is 26.9 Å². The summed E-state index contributed by atoms with van der Waals surface area (Å²) in [4.78, 5) is 34.8. The number of aromatic nitrogens is 3. The van der Waals surface area contributed by atoms with Crippen LogP contribution in [0.1, 0.15) is 89.8 Å². The van der Waals surface area contributed by atoms with Gasteiger partial charge in [-0.3, -0.25) is 0 Å². The molecular weight excluding hydrogens is 546 g/mol. The highest BCUT2D eigenvalue weighted by Crippen LogP contribution is 2.43. The number of benzene rings is 1. The summed E-state index contributed by atoms with van der Waals surface area (Å²) in [5.74, 6) is 1.36. The summed E-state index contributed by atoms with van der Waals surface area (Å²) in [6.45, 7) is 14.0. The molecule has 3 heterocycles. The summed E-state index contributed by atoms with van der Waals surface area (Å²) in [5, 5.41) is 17.9. The highest BCUT2D eigenvalue weighted by atomic mass is 16.6. The molecule has 228 valence electrons. The highest BCUT2D eigenvalue weighted by Gasteiger charge is 2.33. The lowest BCUT2D eigenvalue weighted by molar-refractivity contribution is 0.0206. The van der Waals surface area contributed by atoms with Crippen molar-refractivity contribution in [3.8, 4) is 6.07 Å². The number of aryl methyl sites for hydroxylation is 1. The van der Waals surface area contributed by atoms with Crippen LogP contribution < -0.4 is 10.2 Å². The lowest BCUT2D eigenvalue weighted by Gasteiger charge is -2.34. The van der Waals surface area contributed by atoms with Gasteiger partial charge in [-0.05, 0) is 104 Å². The summed E-state index contributed by atoms with van der Waals surface area (Å²) < 4.78 is 13.2. The summed E-state index contributed by atoms with van der Waals surface area (Å²) in [6.07, 6.45) is 4.66. The number of amides is 2. The molecule has 1 aliphatic heterocycles. The zero-order valence-electron chi connectivity index (χ0n) is 26.1. The third kappa shape index (κ3) is 7.19. The Bertz CT molecular complexity index is 1570. The number of nitrogens with zero attached hydrogens (tertiary/aromatic N) is 6. The lowest BCUT2D eigenvalue weighted by Crippen LogP contribution is -2.47. The topological polar surface area (TPSA) is 125 Å². The van der Waals surface area contributed by atoms with E-state index in [1.54, 1.807) is 27.6 Å². The first-order chi connectivity index (χ1) is 20.2.